The van der Waals surface area contributed by atoms with Crippen LogP contribution in [0.4, 0.5) is 24.5 Å². The Morgan fingerprint density at radius 1 is 1.17 bits per heavy atom. The molecule has 0 aliphatic rings. The van der Waals surface area contributed by atoms with Gasteiger partial charge in [0.15, 0.2) is 0 Å². The van der Waals surface area contributed by atoms with Crippen LogP contribution >= 0.6 is 11.6 Å². The molecule has 0 spiro atoms. The molecule has 0 unspecified atom stereocenters. The second-order valence-corrected chi connectivity index (χ2v) is 4.55. The summed E-state index contributed by atoms with van der Waals surface area (Å²) >= 11 is 5.54. The first-order valence-corrected chi connectivity index (χ1v) is 5.82. The van der Waals surface area contributed by atoms with Crippen molar-refractivity contribution in [3.63, 3.8) is 0 Å². The molecule has 2 N–H and O–H groups in total. The van der Waals surface area contributed by atoms with E-state index >= 15 is 0 Å². The fraction of sp³-hybridized carbons (Fsp3) is 0.100. The van der Waals surface area contributed by atoms with Gasteiger partial charge in [-0.1, -0.05) is 11.6 Å². The molecule has 9 nitrogen and oxygen atoms in total. The van der Waals surface area contributed by atoms with Crippen molar-refractivity contribution >= 4 is 33.9 Å². The molecule has 0 aliphatic carbocycles. The lowest BCUT2D eigenvalue weighted by molar-refractivity contribution is -0.388. The Bertz CT molecular complexity index is 923. The van der Waals surface area contributed by atoms with Gasteiger partial charge in [0.05, 0.1) is 20.7 Å². The van der Waals surface area contributed by atoms with Crippen molar-refractivity contribution in [2.24, 2.45) is 0 Å². The smallest absolute Gasteiger partial charge is 0.423 e. The molecular formula is C10H3ClF3N3O6. The van der Waals surface area contributed by atoms with Gasteiger partial charge in [0.25, 0.3) is 0 Å². The van der Waals surface area contributed by atoms with E-state index in [1.54, 1.807) is 4.98 Å². The number of hydrogen-bond donors (Lipinski definition) is 2. The number of fused-ring (bicyclic) bond motifs is 1. The van der Waals surface area contributed by atoms with Crippen molar-refractivity contribution in [1.29, 1.82) is 0 Å². The van der Waals surface area contributed by atoms with Crippen molar-refractivity contribution in [3.05, 3.63) is 47.2 Å². The summed E-state index contributed by atoms with van der Waals surface area (Å²) in [6, 6.07) is 0.171. The SMILES string of the molecule is O=c1[nH]c2cc(C(F)(F)F)c([N+](=O)[O-])c(Cl)c2c(O)c1[N+](=O)[O-]. The average molecular weight is 354 g/mol. The number of aromatic hydroxyl groups is 1. The van der Waals surface area contributed by atoms with E-state index in [0.29, 0.717) is 0 Å². The fourth-order valence-corrected chi connectivity index (χ4v) is 2.30. The maximum Gasteiger partial charge on any atom is 0.423 e. The zero-order valence-electron chi connectivity index (χ0n) is 10.5. The Kier molecular flexibility index (Phi) is 3.64. The van der Waals surface area contributed by atoms with Crippen molar-refractivity contribution in [2.75, 3.05) is 0 Å². The van der Waals surface area contributed by atoms with E-state index in [-0.39, 0.29) is 6.07 Å². The number of alkyl halides is 3. The van der Waals surface area contributed by atoms with Crippen molar-refractivity contribution in [2.45, 2.75) is 6.18 Å². The molecule has 0 aliphatic heterocycles. The molecule has 2 aromatic rings. The molecule has 0 fully saturated rings. The van der Waals surface area contributed by atoms with Crippen LogP contribution in [0.15, 0.2) is 10.9 Å². The minimum Gasteiger partial charge on any atom is -0.501 e. The molecule has 1 heterocycles. The third-order valence-corrected chi connectivity index (χ3v) is 3.20. The van der Waals surface area contributed by atoms with E-state index in [2.05, 4.69) is 0 Å². The van der Waals surface area contributed by atoms with Crippen LogP contribution in [-0.2, 0) is 6.18 Å². The quantitative estimate of drug-likeness (QED) is 0.628. The largest absolute Gasteiger partial charge is 0.501 e. The summed E-state index contributed by atoms with van der Waals surface area (Å²) in [5.74, 6) is -1.37. The highest BCUT2D eigenvalue weighted by atomic mass is 35.5. The van der Waals surface area contributed by atoms with E-state index in [0.717, 1.165) is 0 Å². The van der Waals surface area contributed by atoms with Crippen LogP contribution in [0.5, 0.6) is 5.75 Å². The summed E-state index contributed by atoms with van der Waals surface area (Å²) in [6.45, 7) is 0. The highest BCUT2D eigenvalue weighted by molar-refractivity contribution is 6.38. The molecule has 0 atom stereocenters. The molecule has 0 bridgehead atoms. The van der Waals surface area contributed by atoms with Crippen LogP contribution in [0.25, 0.3) is 10.9 Å². The standard InChI is InChI=1S/C10H3ClF3N3O6/c11-5-4-3(15-9(19)7(8(4)18)17(22)23)1-2(10(12,13)14)6(5)16(20)21/h1H,(H2,15,18,19). The van der Waals surface area contributed by atoms with Gasteiger partial charge in [0.1, 0.15) is 10.6 Å². The molecule has 23 heavy (non-hydrogen) atoms. The number of rotatable bonds is 2. The average Bonchev–Trinajstić information content (AvgIpc) is 2.35. The second-order valence-electron chi connectivity index (χ2n) is 4.17. The third-order valence-electron chi connectivity index (χ3n) is 2.84. The van der Waals surface area contributed by atoms with E-state index in [1.165, 1.54) is 0 Å². The first-order chi connectivity index (χ1) is 10.5. The lowest BCUT2D eigenvalue weighted by Crippen LogP contribution is -2.14. The summed E-state index contributed by atoms with van der Waals surface area (Å²) in [4.78, 5) is 32.0. The highest BCUT2D eigenvalue weighted by Crippen LogP contribution is 2.46. The number of nitro groups is 2. The summed E-state index contributed by atoms with van der Waals surface area (Å²) < 4.78 is 38.7. The first kappa shape index (κ1) is 16.5. The van der Waals surface area contributed by atoms with Crippen LogP contribution < -0.4 is 5.56 Å². The van der Waals surface area contributed by atoms with Gasteiger partial charge in [-0.3, -0.25) is 25.0 Å². The predicted octanol–water partition coefficient (Wildman–Crippen LogP) is 2.72. The predicted molar refractivity (Wildman–Crippen MR) is 69.6 cm³/mol. The topological polar surface area (TPSA) is 139 Å². The van der Waals surface area contributed by atoms with Crippen LogP contribution in [0.2, 0.25) is 5.02 Å². The van der Waals surface area contributed by atoms with Gasteiger partial charge in [-0.15, -0.1) is 0 Å². The van der Waals surface area contributed by atoms with E-state index in [1.807, 2.05) is 0 Å². The number of nitro benzene ring substituents is 1. The number of benzene rings is 1. The number of hydrogen-bond acceptors (Lipinski definition) is 6. The minimum absolute atomic E-state index is 0.171. The Labute approximate surface area is 127 Å². The maximum atomic E-state index is 12.9. The monoisotopic (exact) mass is 353 g/mol. The van der Waals surface area contributed by atoms with Gasteiger partial charge >= 0.3 is 23.1 Å². The van der Waals surface area contributed by atoms with Crippen molar-refractivity contribution in [1.82, 2.24) is 4.98 Å². The molecular weight excluding hydrogens is 351 g/mol. The molecule has 0 saturated carbocycles. The van der Waals surface area contributed by atoms with Crippen LogP contribution in [0, 0.1) is 20.2 Å². The van der Waals surface area contributed by atoms with Gasteiger partial charge < -0.3 is 10.1 Å². The number of nitrogens with one attached hydrogen (secondary N) is 1. The number of aromatic amines is 1. The number of nitrogens with zero attached hydrogens (tertiary/aromatic N) is 2. The number of aromatic nitrogens is 1. The van der Waals surface area contributed by atoms with Crippen molar-refractivity contribution < 1.29 is 28.1 Å². The lowest BCUT2D eigenvalue weighted by Gasteiger charge is -2.11. The van der Waals surface area contributed by atoms with Crippen LogP contribution in [0.1, 0.15) is 5.56 Å². The summed E-state index contributed by atoms with van der Waals surface area (Å²) in [6.07, 6.45) is -5.19. The number of pyridine rings is 1. The highest BCUT2D eigenvalue weighted by Gasteiger charge is 2.42. The minimum atomic E-state index is -5.19. The molecule has 0 amide bonds. The Hall–Kier alpha value is -2.89. The van der Waals surface area contributed by atoms with Gasteiger partial charge in [-0.25, -0.2) is 0 Å². The summed E-state index contributed by atoms with van der Waals surface area (Å²) in [5.41, 5.74) is -6.99. The third kappa shape index (κ3) is 2.52. The van der Waals surface area contributed by atoms with Crippen LogP contribution in [0.3, 0.4) is 0 Å². The Morgan fingerprint density at radius 2 is 1.70 bits per heavy atom. The number of halogens is 4. The lowest BCUT2D eigenvalue weighted by atomic mass is 10.1. The first-order valence-electron chi connectivity index (χ1n) is 5.44. The fourth-order valence-electron chi connectivity index (χ4n) is 1.94. The Balaban J connectivity index is 3.11. The van der Waals surface area contributed by atoms with Crippen LogP contribution in [-0.4, -0.2) is 19.9 Å². The maximum absolute atomic E-state index is 12.9. The Morgan fingerprint density at radius 3 is 2.13 bits per heavy atom. The molecule has 122 valence electrons. The van der Waals surface area contributed by atoms with Gasteiger partial charge in [0.2, 0.25) is 5.75 Å². The van der Waals surface area contributed by atoms with Crippen molar-refractivity contribution in [3.8, 4) is 5.75 Å². The normalized spacial score (nSPS) is 11.7. The molecule has 2 rings (SSSR count). The summed E-state index contributed by atoms with van der Waals surface area (Å²) in [7, 11) is 0. The zero-order valence-corrected chi connectivity index (χ0v) is 11.2. The zero-order chi connectivity index (χ0) is 17.7. The van der Waals surface area contributed by atoms with E-state index in [4.69, 9.17) is 11.6 Å². The number of H-pyrrole nitrogens is 1. The molecule has 13 heteroatoms. The molecule has 0 saturated heterocycles. The van der Waals surface area contributed by atoms with Gasteiger partial charge in [-0.05, 0) is 6.07 Å². The molecule has 1 aromatic carbocycles. The molecule has 0 radical (unpaired) electrons. The van der Waals surface area contributed by atoms with E-state index in [9.17, 15) is 43.3 Å². The van der Waals surface area contributed by atoms with Gasteiger partial charge in [-0.2, -0.15) is 13.2 Å². The second kappa shape index (κ2) is 5.08. The van der Waals surface area contributed by atoms with Gasteiger partial charge in [0, 0.05) is 0 Å². The van der Waals surface area contributed by atoms with E-state index < -0.39 is 60.2 Å². The summed E-state index contributed by atoms with van der Waals surface area (Å²) in [5, 5.41) is 29.3. The molecule has 1 aromatic heterocycles.